The molecule has 0 aliphatic carbocycles. The van der Waals surface area contributed by atoms with Gasteiger partial charge in [-0.3, -0.25) is 4.18 Å². The molecule has 0 radical (unpaired) electrons. The van der Waals surface area contributed by atoms with E-state index in [1.807, 2.05) is 30.3 Å². The molecule has 0 atom stereocenters. The first kappa shape index (κ1) is 47.1. The first-order chi connectivity index (χ1) is 27.4. The summed E-state index contributed by atoms with van der Waals surface area (Å²) in [4.78, 5) is 4.48. The number of hydrogen-bond donors (Lipinski definition) is 0. The average molecular weight is 792 g/mol. The predicted octanol–water partition coefficient (Wildman–Crippen LogP) is 13.0. The number of rotatable bonds is 31. The summed E-state index contributed by atoms with van der Waals surface area (Å²) in [7, 11) is -4.48. The molecule has 0 fully saturated rings. The van der Waals surface area contributed by atoms with Gasteiger partial charge in [-0.15, -0.1) is 0 Å². The highest BCUT2D eigenvalue weighted by Gasteiger charge is 2.10. The second kappa shape index (κ2) is 29.9. The van der Waals surface area contributed by atoms with Crippen LogP contribution in [-0.2, 0) is 27.7 Å². The second-order valence-electron chi connectivity index (χ2n) is 15.4. The van der Waals surface area contributed by atoms with E-state index in [1.165, 1.54) is 140 Å². The van der Waals surface area contributed by atoms with E-state index >= 15 is 0 Å². The highest BCUT2D eigenvalue weighted by molar-refractivity contribution is 7.80. The van der Waals surface area contributed by atoms with Gasteiger partial charge in [0.25, 0.3) is 0 Å². The highest BCUT2D eigenvalue weighted by Crippen LogP contribution is 2.26. The SMILES string of the molecule is CCCCCCCCCCCCCCCCn1cc[n+](Cc2ccc(-c3ncc(-c4ccccc4)o3)cc2)c1.CCCCCCCCCCCCOS(=O)(=O)[O-]. The van der Waals surface area contributed by atoms with Gasteiger partial charge in [0.05, 0.1) is 19.3 Å². The summed E-state index contributed by atoms with van der Waals surface area (Å²) in [5.74, 6) is 1.46. The standard InChI is InChI=1S/C35H48N3O.C12H26O4S/c1-2-3-4-5-6-7-8-9-10-11-12-13-14-18-25-37-26-27-38(30-37)29-31-21-23-33(24-22-31)35-36-28-34(39-35)32-19-16-15-17-20-32;1-2-3-4-5-6-7-8-9-10-11-12-16-17(13,14)15/h15-17,19-24,26-28,30H,2-14,18,25,29H2,1H3;2-12H2,1H3,(H,13,14,15)/q+1;/p-1. The lowest BCUT2D eigenvalue weighted by atomic mass is 10.0. The summed E-state index contributed by atoms with van der Waals surface area (Å²) in [6, 6.07) is 18.6. The predicted molar refractivity (Wildman–Crippen MR) is 229 cm³/mol. The van der Waals surface area contributed by atoms with Gasteiger partial charge in [-0.1, -0.05) is 191 Å². The molecule has 312 valence electrons. The Morgan fingerprint density at radius 2 is 1.14 bits per heavy atom. The number of oxazole rings is 1. The monoisotopic (exact) mass is 792 g/mol. The average Bonchev–Trinajstić information content (AvgIpc) is 3.88. The van der Waals surface area contributed by atoms with Crippen molar-refractivity contribution in [1.82, 2.24) is 9.55 Å². The lowest BCUT2D eigenvalue weighted by Gasteiger charge is -2.06. The molecule has 0 saturated carbocycles. The summed E-state index contributed by atoms with van der Waals surface area (Å²) in [6.45, 7) is 6.51. The lowest BCUT2D eigenvalue weighted by Crippen LogP contribution is -2.31. The molecule has 4 aromatic rings. The zero-order chi connectivity index (χ0) is 39.9. The lowest BCUT2D eigenvalue weighted by molar-refractivity contribution is -0.687. The number of unbranched alkanes of at least 4 members (excludes halogenated alkanes) is 22. The second-order valence-corrected chi connectivity index (χ2v) is 16.5. The van der Waals surface area contributed by atoms with Crippen molar-refractivity contribution in [2.45, 2.75) is 181 Å². The third kappa shape index (κ3) is 22.5. The Morgan fingerprint density at radius 1 is 0.643 bits per heavy atom. The van der Waals surface area contributed by atoms with E-state index < -0.39 is 10.4 Å². The largest absolute Gasteiger partial charge is 0.726 e. The normalized spacial score (nSPS) is 11.5. The van der Waals surface area contributed by atoms with Crippen LogP contribution in [0, 0.1) is 0 Å². The van der Waals surface area contributed by atoms with Gasteiger partial charge in [0.1, 0.15) is 18.9 Å². The van der Waals surface area contributed by atoms with Crippen molar-refractivity contribution in [3.63, 3.8) is 0 Å². The van der Waals surface area contributed by atoms with Crippen LogP contribution in [0.3, 0.4) is 0 Å². The number of aromatic nitrogens is 3. The van der Waals surface area contributed by atoms with Crippen molar-refractivity contribution in [2.75, 3.05) is 6.61 Å². The molecule has 0 aliphatic rings. The molecule has 0 bridgehead atoms. The Kier molecular flexibility index (Phi) is 25.1. The van der Waals surface area contributed by atoms with Crippen molar-refractivity contribution >= 4 is 10.4 Å². The molecule has 0 aliphatic heterocycles. The fraction of sp³-hybridized carbons (Fsp3) is 0.617. The maximum atomic E-state index is 10.1. The number of nitrogens with zero attached hydrogens (tertiary/aromatic N) is 3. The van der Waals surface area contributed by atoms with Crippen LogP contribution in [0.1, 0.15) is 174 Å². The molecule has 2 aromatic carbocycles. The van der Waals surface area contributed by atoms with Crippen LogP contribution in [0.5, 0.6) is 0 Å². The van der Waals surface area contributed by atoms with Crippen molar-refractivity contribution in [2.24, 2.45) is 0 Å². The van der Waals surface area contributed by atoms with E-state index in [2.05, 4.69) is 75.1 Å². The molecular formula is C47H73N3O5S. The topological polar surface area (TPSA) is 101 Å². The molecule has 8 nitrogen and oxygen atoms in total. The minimum Gasteiger partial charge on any atom is -0.726 e. The van der Waals surface area contributed by atoms with Crippen LogP contribution in [0.4, 0.5) is 0 Å². The van der Waals surface area contributed by atoms with Crippen LogP contribution >= 0.6 is 0 Å². The maximum Gasteiger partial charge on any atom is 0.244 e. The third-order valence-electron chi connectivity index (χ3n) is 10.4. The summed E-state index contributed by atoms with van der Waals surface area (Å²) in [6.07, 6.45) is 39.8. The molecule has 2 heterocycles. The van der Waals surface area contributed by atoms with Crippen molar-refractivity contribution < 1.29 is 26.1 Å². The molecule has 0 amide bonds. The third-order valence-corrected chi connectivity index (χ3v) is 10.8. The molecule has 56 heavy (non-hydrogen) atoms. The van der Waals surface area contributed by atoms with Crippen molar-refractivity contribution in [1.29, 1.82) is 0 Å². The molecular weight excluding hydrogens is 719 g/mol. The summed E-state index contributed by atoms with van der Waals surface area (Å²) in [5.41, 5.74) is 3.32. The van der Waals surface area contributed by atoms with Crippen LogP contribution in [0.2, 0.25) is 0 Å². The molecule has 2 aromatic heterocycles. The van der Waals surface area contributed by atoms with Gasteiger partial charge < -0.3 is 8.97 Å². The van der Waals surface area contributed by atoms with Crippen LogP contribution in [0.25, 0.3) is 22.8 Å². The highest BCUT2D eigenvalue weighted by atomic mass is 32.3. The quantitative estimate of drug-likeness (QED) is 0.0218. The van der Waals surface area contributed by atoms with Gasteiger partial charge in [0.15, 0.2) is 5.76 Å². The number of imidazole rings is 1. The van der Waals surface area contributed by atoms with Gasteiger partial charge in [-0.2, -0.15) is 0 Å². The Morgan fingerprint density at radius 3 is 1.66 bits per heavy atom. The smallest absolute Gasteiger partial charge is 0.244 e. The van der Waals surface area contributed by atoms with Gasteiger partial charge in [0.2, 0.25) is 22.6 Å². The summed E-state index contributed by atoms with van der Waals surface area (Å²) < 4.78 is 45.0. The van der Waals surface area contributed by atoms with Gasteiger partial charge in [-0.25, -0.2) is 22.5 Å². The van der Waals surface area contributed by atoms with Crippen LogP contribution < -0.4 is 4.57 Å². The number of aryl methyl sites for hydroxylation is 1. The van der Waals surface area contributed by atoms with Crippen LogP contribution in [0.15, 0.2) is 83.9 Å². The molecule has 0 unspecified atom stereocenters. The van der Waals surface area contributed by atoms with Gasteiger partial charge in [0, 0.05) is 11.1 Å². The Hall–Kier alpha value is -3.27. The van der Waals surface area contributed by atoms with E-state index in [0.29, 0.717) is 12.3 Å². The first-order valence-electron chi connectivity index (χ1n) is 22.1. The molecule has 4 rings (SSSR count). The Bertz CT molecular complexity index is 1620. The van der Waals surface area contributed by atoms with Crippen molar-refractivity contribution in [3.05, 3.63) is 85.1 Å². The van der Waals surface area contributed by atoms with Crippen molar-refractivity contribution in [3.8, 4) is 22.8 Å². The van der Waals surface area contributed by atoms with Crippen LogP contribution in [-0.4, -0.2) is 29.1 Å². The fourth-order valence-corrected chi connectivity index (χ4v) is 7.33. The fourth-order valence-electron chi connectivity index (χ4n) is 7.01. The van der Waals surface area contributed by atoms with Gasteiger partial charge >= 0.3 is 0 Å². The first-order valence-corrected chi connectivity index (χ1v) is 23.5. The minimum absolute atomic E-state index is 0.0301. The molecule has 9 heteroatoms. The van der Waals surface area contributed by atoms with E-state index in [4.69, 9.17) is 4.42 Å². The Balaban J connectivity index is 0.000000418. The van der Waals surface area contributed by atoms with E-state index in [0.717, 1.165) is 42.8 Å². The molecule has 0 N–H and O–H groups in total. The Labute approximate surface area is 340 Å². The number of benzene rings is 2. The summed E-state index contributed by atoms with van der Waals surface area (Å²) >= 11 is 0. The molecule has 0 spiro atoms. The van der Waals surface area contributed by atoms with E-state index in [1.54, 1.807) is 6.20 Å². The minimum atomic E-state index is -4.48. The van der Waals surface area contributed by atoms with E-state index in [-0.39, 0.29) is 6.61 Å². The zero-order valence-electron chi connectivity index (χ0n) is 34.9. The molecule has 0 saturated heterocycles. The summed E-state index contributed by atoms with van der Waals surface area (Å²) in [5, 5.41) is 0. The van der Waals surface area contributed by atoms with E-state index in [9.17, 15) is 13.0 Å². The van der Waals surface area contributed by atoms with Gasteiger partial charge in [-0.05, 0) is 37.0 Å². The number of hydrogen-bond acceptors (Lipinski definition) is 6. The maximum absolute atomic E-state index is 10.1. The zero-order valence-corrected chi connectivity index (χ0v) is 35.7.